The zero-order valence-electron chi connectivity index (χ0n) is 7.05. The molecule has 0 fully saturated rings. The van der Waals surface area contributed by atoms with Crippen molar-refractivity contribution in [3.8, 4) is 12.3 Å². The smallest absolute Gasteiger partial charge is 0.255 e. The van der Waals surface area contributed by atoms with E-state index in [-0.39, 0.29) is 28.3 Å². The number of pyridine rings is 1. The summed E-state index contributed by atoms with van der Waals surface area (Å²) in [6.45, 7) is 0.151. The normalized spacial score (nSPS) is 9.21. The molecular weight excluding hydrogens is 223 g/mol. The van der Waals surface area contributed by atoms with Crippen molar-refractivity contribution in [1.29, 1.82) is 0 Å². The first-order chi connectivity index (χ1) is 6.65. The van der Waals surface area contributed by atoms with E-state index in [1.54, 1.807) is 0 Å². The SMILES string of the molecule is C#CCNC(=O)c1ccc(Cl)nc1Cl. The van der Waals surface area contributed by atoms with Gasteiger partial charge in [-0.25, -0.2) is 4.98 Å². The monoisotopic (exact) mass is 228 g/mol. The van der Waals surface area contributed by atoms with Crippen LogP contribution < -0.4 is 5.32 Å². The first kappa shape index (κ1) is 10.8. The van der Waals surface area contributed by atoms with Gasteiger partial charge in [0, 0.05) is 0 Å². The highest BCUT2D eigenvalue weighted by molar-refractivity contribution is 6.34. The summed E-state index contributed by atoms with van der Waals surface area (Å²) in [6.07, 6.45) is 4.98. The minimum Gasteiger partial charge on any atom is -0.341 e. The molecule has 1 heterocycles. The molecule has 0 saturated carbocycles. The highest BCUT2D eigenvalue weighted by atomic mass is 35.5. The Hall–Kier alpha value is -1.24. The predicted molar refractivity (Wildman–Crippen MR) is 55.4 cm³/mol. The summed E-state index contributed by atoms with van der Waals surface area (Å²) in [5.41, 5.74) is 0.256. The van der Waals surface area contributed by atoms with Crippen LogP contribution >= 0.6 is 23.2 Å². The Morgan fingerprint density at radius 2 is 2.29 bits per heavy atom. The molecule has 72 valence electrons. The average Bonchev–Trinajstić information content (AvgIpc) is 2.14. The van der Waals surface area contributed by atoms with Crippen molar-refractivity contribution < 1.29 is 4.79 Å². The average molecular weight is 229 g/mol. The van der Waals surface area contributed by atoms with Gasteiger partial charge >= 0.3 is 0 Å². The predicted octanol–water partition coefficient (Wildman–Crippen LogP) is 1.75. The van der Waals surface area contributed by atoms with Gasteiger partial charge in [-0.3, -0.25) is 4.79 Å². The molecule has 1 aromatic rings. The number of aromatic nitrogens is 1. The molecule has 14 heavy (non-hydrogen) atoms. The number of rotatable bonds is 2. The van der Waals surface area contributed by atoms with Gasteiger partial charge in [0.25, 0.3) is 5.91 Å². The maximum absolute atomic E-state index is 11.4. The number of carbonyl (C=O) groups is 1. The molecule has 1 aromatic heterocycles. The Bertz CT molecular complexity index is 398. The summed E-state index contributed by atoms with van der Waals surface area (Å²) in [7, 11) is 0. The van der Waals surface area contributed by atoms with Crippen LogP contribution in [-0.4, -0.2) is 17.4 Å². The second-order valence-electron chi connectivity index (χ2n) is 2.36. The molecule has 0 unspecified atom stereocenters. The van der Waals surface area contributed by atoms with Crippen LogP contribution in [0.4, 0.5) is 0 Å². The maximum atomic E-state index is 11.4. The number of terminal acetylenes is 1. The standard InChI is InChI=1S/C9H6Cl2N2O/c1-2-5-12-9(14)6-3-4-7(10)13-8(6)11/h1,3-4H,5H2,(H,12,14). The number of nitrogens with one attached hydrogen (secondary N) is 1. The van der Waals surface area contributed by atoms with Crippen LogP contribution in [0.15, 0.2) is 12.1 Å². The molecule has 0 aliphatic rings. The maximum Gasteiger partial charge on any atom is 0.255 e. The van der Waals surface area contributed by atoms with E-state index in [1.165, 1.54) is 12.1 Å². The van der Waals surface area contributed by atoms with Crippen LogP contribution in [0, 0.1) is 12.3 Å². The van der Waals surface area contributed by atoms with Gasteiger partial charge in [0.15, 0.2) is 0 Å². The Balaban J connectivity index is 2.86. The van der Waals surface area contributed by atoms with Gasteiger partial charge in [-0.1, -0.05) is 29.1 Å². The lowest BCUT2D eigenvalue weighted by atomic mass is 10.2. The fraction of sp³-hybridized carbons (Fsp3) is 0.111. The van der Waals surface area contributed by atoms with Crippen LogP contribution in [0.25, 0.3) is 0 Å². The fourth-order valence-corrected chi connectivity index (χ4v) is 1.24. The largest absolute Gasteiger partial charge is 0.341 e. The molecule has 0 aromatic carbocycles. The molecule has 0 aliphatic heterocycles. The van der Waals surface area contributed by atoms with E-state index >= 15 is 0 Å². The lowest BCUT2D eigenvalue weighted by molar-refractivity contribution is 0.0958. The molecule has 5 heteroatoms. The Kier molecular flexibility index (Phi) is 3.75. The summed E-state index contributed by atoms with van der Waals surface area (Å²) < 4.78 is 0. The van der Waals surface area contributed by atoms with E-state index in [0.29, 0.717) is 0 Å². The lowest BCUT2D eigenvalue weighted by Crippen LogP contribution is -2.23. The molecule has 1 N–H and O–H groups in total. The Morgan fingerprint density at radius 1 is 1.57 bits per heavy atom. The highest BCUT2D eigenvalue weighted by Crippen LogP contribution is 2.16. The van der Waals surface area contributed by atoms with Gasteiger partial charge in [0.1, 0.15) is 10.3 Å². The number of amides is 1. The van der Waals surface area contributed by atoms with E-state index in [2.05, 4.69) is 16.2 Å². The number of hydrogen-bond acceptors (Lipinski definition) is 2. The molecule has 0 aliphatic carbocycles. The molecule has 3 nitrogen and oxygen atoms in total. The zero-order valence-corrected chi connectivity index (χ0v) is 8.56. The van der Waals surface area contributed by atoms with Gasteiger partial charge < -0.3 is 5.32 Å². The summed E-state index contributed by atoms with van der Waals surface area (Å²) in [6, 6.07) is 2.97. The molecule has 0 spiro atoms. The third-order valence-corrected chi connectivity index (χ3v) is 1.91. The van der Waals surface area contributed by atoms with Crippen molar-refractivity contribution >= 4 is 29.1 Å². The van der Waals surface area contributed by atoms with Crippen LogP contribution in [-0.2, 0) is 0 Å². The summed E-state index contributed by atoms with van der Waals surface area (Å²) in [5.74, 6) is 1.91. The van der Waals surface area contributed by atoms with Gasteiger partial charge in [-0.05, 0) is 12.1 Å². The van der Waals surface area contributed by atoms with Crippen molar-refractivity contribution in [3.63, 3.8) is 0 Å². The van der Waals surface area contributed by atoms with Crippen LogP contribution in [0.1, 0.15) is 10.4 Å². The highest BCUT2D eigenvalue weighted by Gasteiger charge is 2.10. The minimum absolute atomic E-state index is 0.0621. The molecule has 0 radical (unpaired) electrons. The van der Waals surface area contributed by atoms with Gasteiger partial charge in [-0.2, -0.15) is 0 Å². The second kappa shape index (κ2) is 4.85. The van der Waals surface area contributed by atoms with Crippen molar-refractivity contribution in [1.82, 2.24) is 10.3 Å². The number of halogens is 2. The van der Waals surface area contributed by atoms with E-state index in [9.17, 15) is 4.79 Å². The molecule has 1 rings (SSSR count). The molecular formula is C9H6Cl2N2O. The first-order valence-corrected chi connectivity index (χ1v) is 4.44. The van der Waals surface area contributed by atoms with Crippen LogP contribution in [0.2, 0.25) is 10.3 Å². The molecule has 1 amide bonds. The minimum atomic E-state index is -0.364. The van der Waals surface area contributed by atoms with Crippen molar-refractivity contribution in [2.45, 2.75) is 0 Å². The van der Waals surface area contributed by atoms with E-state index in [4.69, 9.17) is 29.6 Å². The van der Waals surface area contributed by atoms with E-state index < -0.39 is 0 Å². The molecule has 0 bridgehead atoms. The Morgan fingerprint density at radius 3 is 2.86 bits per heavy atom. The van der Waals surface area contributed by atoms with Crippen LogP contribution in [0.3, 0.4) is 0 Å². The summed E-state index contributed by atoms with van der Waals surface area (Å²) in [4.78, 5) is 15.1. The summed E-state index contributed by atoms with van der Waals surface area (Å²) >= 11 is 11.3. The van der Waals surface area contributed by atoms with Gasteiger partial charge in [0.2, 0.25) is 0 Å². The van der Waals surface area contributed by atoms with Crippen molar-refractivity contribution in [2.75, 3.05) is 6.54 Å². The zero-order chi connectivity index (χ0) is 10.6. The quantitative estimate of drug-likeness (QED) is 0.620. The Labute approximate surface area is 91.4 Å². The first-order valence-electron chi connectivity index (χ1n) is 3.69. The van der Waals surface area contributed by atoms with Crippen LogP contribution in [0.5, 0.6) is 0 Å². The van der Waals surface area contributed by atoms with Crippen molar-refractivity contribution in [3.05, 3.63) is 28.0 Å². The topological polar surface area (TPSA) is 42.0 Å². The van der Waals surface area contributed by atoms with Gasteiger partial charge in [-0.15, -0.1) is 6.42 Å². The third kappa shape index (κ3) is 2.63. The second-order valence-corrected chi connectivity index (χ2v) is 3.10. The third-order valence-electron chi connectivity index (χ3n) is 1.41. The van der Waals surface area contributed by atoms with E-state index in [0.717, 1.165) is 0 Å². The number of nitrogens with zero attached hydrogens (tertiary/aromatic N) is 1. The fourth-order valence-electron chi connectivity index (χ4n) is 0.808. The number of hydrogen-bond donors (Lipinski definition) is 1. The molecule has 0 atom stereocenters. The summed E-state index contributed by atoms with van der Waals surface area (Å²) in [5, 5.41) is 2.77. The molecule has 0 saturated heterocycles. The van der Waals surface area contributed by atoms with Crippen molar-refractivity contribution in [2.24, 2.45) is 0 Å². The van der Waals surface area contributed by atoms with E-state index in [1.807, 2.05) is 0 Å². The lowest BCUT2D eigenvalue weighted by Gasteiger charge is -2.02. The van der Waals surface area contributed by atoms with Gasteiger partial charge in [0.05, 0.1) is 12.1 Å². The number of carbonyl (C=O) groups excluding carboxylic acids is 1.